The molecule has 3 atom stereocenters. The predicted octanol–water partition coefficient (Wildman–Crippen LogP) is 2.37. The van der Waals surface area contributed by atoms with Gasteiger partial charge in [-0.3, -0.25) is 4.90 Å². The van der Waals surface area contributed by atoms with Crippen molar-refractivity contribution in [2.24, 2.45) is 0 Å². The summed E-state index contributed by atoms with van der Waals surface area (Å²) in [5.74, 6) is 0. The summed E-state index contributed by atoms with van der Waals surface area (Å²) in [7, 11) is 0. The third-order valence-electron chi connectivity index (χ3n) is 4.69. The van der Waals surface area contributed by atoms with Gasteiger partial charge in [-0.2, -0.15) is 0 Å². The molecule has 0 aliphatic carbocycles. The number of hydrogen-bond acceptors (Lipinski definition) is 3. The Kier molecular flexibility index (Phi) is 4.39. The van der Waals surface area contributed by atoms with E-state index in [4.69, 9.17) is 4.74 Å². The van der Waals surface area contributed by atoms with Crippen LogP contribution in [0.1, 0.15) is 37.4 Å². The van der Waals surface area contributed by atoms with Crippen molar-refractivity contribution in [3.8, 4) is 0 Å². The number of fused-ring (bicyclic) bond motifs is 1. The van der Waals surface area contributed by atoms with E-state index in [-0.39, 0.29) is 0 Å². The molecule has 0 spiro atoms. The molecule has 0 aromatic heterocycles. The highest BCUT2D eigenvalue weighted by Gasteiger charge is 2.29. The van der Waals surface area contributed by atoms with Gasteiger partial charge in [-0.05, 0) is 37.4 Å². The van der Waals surface area contributed by atoms with Crippen LogP contribution in [-0.4, -0.2) is 43.3 Å². The third kappa shape index (κ3) is 2.90. The van der Waals surface area contributed by atoms with Crippen molar-refractivity contribution in [1.82, 2.24) is 10.2 Å². The van der Waals surface area contributed by atoms with Crippen molar-refractivity contribution in [2.45, 2.75) is 44.9 Å². The van der Waals surface area contributed by atoms with Crippen molar-refractivity contribution in [2.75, 3.05) is 26.2 Å². The molecule has 20 heavy (non-hydrogen) atoms. The fourth-order valence-electron chi connectivity index (χ4n) is 3.50. The Labute approximate surface area is 122 Å². The Hall–Kier alpha value is -0.900. The van der Waals surface area contributed by atoms with Gasteiger partial charge in [0.1, 0.15) is 0 Å². The van der Waals surface area contributed by atoms with Crippen molar-refractivity contribution < 1.29 is 4.74 Å². The van der Waals surface area contributed by atoms with E-state index in [0.717, 1.165) is 32.7 Å². The Balaban J connectivity index is 1.74. The number of hydrogen-bond donors (Lipinski definition) is 1. The van der Waals surface area contributed by atoms with Crippen LogP contribution in [0, 0.1) is 0 Å². The molecule has 3 rings (SSSR count). The van der Waals surface area contributed by atoms with E-state index in [1.165, 1.54) is 17.5 Å². The Morgan fingerprint density at radius 1 is 1.35 bits per heavy atom. The number of rotatable bonds is 3. The second-order valence-corrected chi connectivity index (χ2v) is 6.12. The smallest absolute Gasteiger partial charge is 0.0674 e. The van der Waals surface area contributed by atoms with Crippen LogP contribution in [0.4, 0.5) is 0 Å². The molecule has 2 aliphatic rings. The van der Waals surface area contributed by atoms with E-state index in [1.807, 2.05) is 0 Å². The molecule has 1 N–H and O–H groups in total. The van der Waals surface area contributed by atoms with Gasteiger partial charge < -0.3 is 10.1 Å². The minimum absolute atomic E-state index is 0.358. The zero-order chi connectivity index (χ0) is 13.9. The summed E-state index contributed by atoms with van der Waals surface area (Å²) in [6.45, 7) is 8.58. The van der Waals surface area contributed by atoms with Crippen molar-refractivity contribution in [3.63, 3.8) is 0 Å². The maximum Gasteiger partial charge on any atom is 0.0674 e. The lowest BCUT2D eigenvalue weighted by Gasteiger charge is -2.41. The Morgan fingerprint density at radius 2 is 2.20 bits per heavy atom. The quantitative estimate of drug-likeness (QED) is 0.916. The van der Waals surface area contributed by atoms with E-state index in [0.29, 0.717) is 18.2 Å². The van der Waals surface area contributed by atoms with E-state index < -0.39 is 0 Å². The van der Waals surface area contributed by atoms with Gasteiger partial charge in [0.2, 0.25) is 0 Å². The standard InChI is InChI=1S/C17H26N2O/c1-3-15-12-20-13(2)10-19(15)11-17-16-7-5-4-6-14(16)8-9-18-17/h4-7,13,15,17-18H,3,8-12H2,1-2H3. The van der Waals surface area contributed by atoms with Crippen LogP contribution < -0.4 is 5.32 Å². The molecule has 2 aliphatic heterocycles. The van der Waals surface area contributed by atoms with Gasteiger partial charge in [0.25, 0.3) is 0 Å². The molecule has 110 valence electrons. The average molecular weight is 274 g/mol. The van der Waals surface area contributed by atoms with Crippen LogP contribution >= 0.6 is 0 Å². The molecule has 1 fully saturated rings. The van der Waals surface area contributed by atoms with Crippen LogP contribution in [0.5, 0.6) is 0 Å². The highest BCUT2D eigenvalue weighted by molar-refractivity contribution is 5.32. The zero-order valence-corrected chi connectivity index (χ0v) is 12.6. The molecule has 0 radical (unpaired) electrons. The van der Waals surface area contributed by atoms with Gasteiger partial charge in [0.15, 0.2) is 0 Å². The summed E-state index contributed by atoms with van der Waals surface area (Å²) in [4.78, 5) is 2.62. The lowest BCUT2D eigenvalue weighted by Crippen LogP contribution is -2.51. The Morgan fingerprint density at radius 3 is 3.05 bits per heavy atom. The lowest BCUT2D eigenvalue weighted by molar-refractivity contribution is -0.0588. The van der Waals surface area contributed by atoms with Crippen LogP contribution in [0.15, 0.2) is 24.3 Å². The number of nitrogens with one attached hydrogen (secondary N) is 1. The first kappa shape index (κ1) is 14.1. The highest BCUT2D eigenvalue weighted by Crippen LogP contribution is 2.25. The summed E-state index contributed by atoms with van der Waals surface area (Å²) in [6, 6.07) is 9.94. The Bertz CT molecular complexity index is 448. The highest BCUT2D eigenvalue weighted by atomic mass is 16.5. The molecule has 0 amide bonds. The van der Waals surface area contributed by atoms with Gasteiger partial charge in [-0.15, -0.1) is 0 Å². The second-order valence-electron chi connectivity index (χ2n) is 6.12. The van der Waals surface area contributed by atoms with Crippen LogP contribution in [-0.2, 0) is 11.2 Å². The SMILES string of the molecule is CCC1COC(C)CN1CC1NCCc2ccccc21. The predicted molar refractivity (Wildman–Crippen MR) is 82.0 cm³/mol. The van der Waals surface area contributed by atoms with E-state index in [1.54, 1.807) is 0 Å². The summed E-state index contributed by atoms with van der Waals surface area (Å²) in [6.07, 6.45) is 2.68. The van der Waals surface area contributed by atoms with Gasteiger partial charge in [0.05, 0.1) is 12.7 Å². The third-order valence-corrected chi connectivity index (χ3v) is 4.69. The largest absolute Gasteiger partial charge is 0.376 e. The summed E-state index contributed by atoms with van der Waals surface area (Å²) < 4.78 is 5.81. The summed E-state index contributed by atoms with van der Waals surface area (Å²) in [5.41, 5.74) is 3.01. The first-order chi connectivity index (χ1) is 9.78. The van der Waals surface area contributed by atoms with E-state index in [2.05, 4.69) is 48.3 Å². The fraction of sp³-hybridized carbons (Fsp3) is 0.647. The molecule has 3 unspecified atom stereocenters. The number of ether oxygens (including phenoxy) is 1. The molecule has 1 saturated heterocycles. The van der Waals surface area contributed by atoms with Crippen molar-refractivity contribution in [3.05, 3.63) is 35.4 Å². The maximum atomic E-state index is 5.81. The van der Waals surface area contributed by atoms with Gasteiger partial charge in [-0.1, -0.05) is 31.2 Å². The molecule has 1 aromatic carbocycles. The summed E-state index contributed by atoms with van der Waals surface area (Å²) in [5, 5.41) is 3.70. The maximum absolute atomic E-state index is 5.81. The number of benzene rings is 1. The van der Waals surface area contributed by atoms with Crippen LogP contribution in [0.25, 0.3) is 0 Å². The number of morpholine rings is 1. The van der Waals surface area contributed by atoms with Crippen molar-refractivity contribution in [1.29, 1.82) is 0 Å². The van der Waals surface area contributed by atoms with Gasteiger partial charge >= 0.3 is 0 Å². The van der Waals surface area contributed by atoms with Crippen LogP contribution in [0.2, 0.25) is 0 Å². The molecule has 3 nitrogen and oxygen atoms in total. The van der Waals surface area contributed by atoms with Crippen molar-refractivity contribution >= 4 is 0 Å². The monoisotopic (exact) mass is 274 g/mol. The minimum Gasteiger partial charge on any atom is -0.376 e. The summed E-state index contributed by atoms with van der Waals surface area (Å²) >= 11 is 0. The first-order valence-corrected chi connectivity index (χ1v) is 7.94. The average Bonchev–Trinajstić information content (AvgIpc) is 2.48. The van der Waals surface area contributed by atoms with E-state index in [9.17, 15) is 0 Å². The second kappa shape index (κ2) is 6.25. The van der Waals surface area contributed by atoms with Gasteiger partial charge in [0, 0.05) is 25.2 Å². The molecular formula is C17H26N2O. The van der Waals surface area contributed by atoms with Gasteiger partial charge in [-0.25, -0.2) is 0 Å². The molecule has 2 heterocycles. The van der Waals surface area contributed by atoms with E-state index >= 15 is 0 Å². The first-order valence-electron chi connectivity index (χ1n) is 7.94. The zero-order valence-electron chi connectivity index (χ0n) is 12.6. The normalized spacial score (nSPS) is 31.0. The molecular weight excluding hydrogens is 248 g/mol. The molecule has 1 aromatic rings. The molecule has 0 saturated carbocycles. The molecule has 0 bridgehead atoms. The lowest BCUT2D eigenvalue weighted by atomic mass is 9.93. The topological polar surface area (TPSA) is 24.5 Å². The van der Waals surface area contributed by atoms with Crippen LogP contribution in [0.3, 0.4) is 0 Å². The fourth-order valence-corrected chi connectivity index (χ4v) is 3.50. The molecule has 3 heteroatoms. The minimum atomic E-state index is 0.358. The number of nitrogens with zero attached hydrogens (tertiary/aromatic N) is 1.